The van der Waals surface area contributed by atoms with Gasteiger partial charge in [-0.3, -0.25) is 0 Å². The zero-order chi connectivity index (χ0) is 13.8. The van der Waals surface area contributed by atoms with E-state index in [0.717, 1.165) is 35.3 Å². The molecule has 0 fully saturated rings. The average molecular weight is 272 g/mol. The Morgan fingerprint density at radius 3 is 2.50 bits per heavy atom. The zero-order valence-electron chi connectivity index (χ0n) is 12.0. The normalized spacial score (nSPS) is 11.9. The Bertz CT molecular complexity index is 372. The molecule has 1 aromatic heterocycles. The van der Waals surface area contributed by atoms with Crippen molar-refractivity contribution in [3.63, 3.8) is 0 Å². The minimum atomic E-state index is -0.0276. The van der Waals surface area contributed by atoms with Gasteiger partial charge in [0.05, 0.1) is 17.2 Å². The summed E-state index contributed by atoms with van der Waals surface area (Å²) in [5, 5.41) is 10.4. The van der Waals surface area contributed by atoms with Gasteiger partial charge in [-0.1, -0.05) is 32.1 Å². The number of aromatic nitrogens is 1. The van der Waals surface area contributed by atoms with Crippen LogP contribution in [0.5, 0.6) is 0 Å². The van der Waals surface area contributed by atoms with Gasteiger partial charge >= 0.3 is 0 Å². The molecule has 104 valence electrons. The maximum Gasteiger partial charge on any atom is 0.185 e. The van der Waals surface area contributed by atoms with E-state index in [1.165, 1.54) is 0 Å². The molecule has 5 heteroatoms. The molecule has 18 heavy (non-hydrogen) atoms. The number of hydrogen-bond donors (Lipinski definition) is 1. The summed E-state index contributed by atoms with van der Waals surface area (Å²) in [5.74, 6) is 0. The molecule has 0 aliphatic carbocycles. The van der Waals surface area contributed by atoms with Crippen LogP contribution in [0.2, 0.25) is 0 Å². The lowest BCUT2D eigenvalue weighted by atomic mass is 9.91. The molecule has 1 aromatic rings. The molecule has 0 radical (unpaired) electrons. The summed E-state index contributed by atoms with van der Waals surface area (Å²) < 4.78 is 5.05. The Hall–Kier alpha value is -0.650. The molecule has 0 spiro atoms. The van der Waals surface area contributed by atoms with Crippen molar-refractivity contribution in [3.05, 3.63) is 10.6 Å². The van der Waals surface area contributed by atoms with Crippen molar-refractivity contribution in [2.24, 2.45) is 0 Å². The van der Waals surface area contributed by atoms with Crippen LogP contribution in [0.15, 0.2) is 0 Å². The molecule has 0 bridgehead atoms. The summed E-state index contributed by atoms with van der Waals surface area (Å²) in [6, 6.07) is 0. The third kappa shape index (κ3) is 3.93. The van der Waals surface area contributed by atoms with Crippen LogP contribution in [0.4, 0.5) is 5.13 Å². The second-order valence-electron chi connectivity index (χ2n) is 5.44. The summed E-state index contributed by atoms with van der Waals surface area (Å²) >= 11 is 1.58. The number of aliphatic hydroxyl groups excluding tert-OH is 1. The number of methoxy groups -OCH3 is 1. The lowest BCUT2D eigenvalue weighted by Gasteiger charge is -2.18. The minimum Gasteiger partial charge on any atom is -0.391 e. The summed E-state index contributed by atoms with van der Waals surface area (Å²) in [6.45, 7) is 8.10. The topological polar surface area (TPSA) is 45.6 Å². The highest BCUT2D eigenvalue weighted by Gasteiger charge is 2.23. The van der Waals surface area contributed by atoms with Gasteiger partial charge in [0, 0.05) is 32.7 Å². The third-order valence-electron chi connectivity index (χ3n) is 2.71. The van der Waals surface area contributed by atoms with Crippen LogP contribution < -0.4 is 4.90 Å². The Balaban J connectivity index is 2.81. The maximum absolute atomic E-state index is 9.42. The van der Waals surface area contributed by atoms with E-state index >= 15 is 0 Å². The zero-order valence-corrected chi connectivity index (χ0v) is 12.8. The maximum atomic E-state index is 9.42. The smallest absolute Gasteiger partial charge is 0.185 e. The molecule has 0 saturated carbocycles. The number of rotatable bonds is 6. The van der Waals surface area contributed by atoms with E-state index in [1.807, 2.05) is 7.05 Å². The molecule has 0 aliphatic rings. The summed E-state index contributed by atoms with van der Waals surface area (Å²) in [5.41, 5.74) is 0.976. The SMILES string of the molecule is COCCCN(C)c1nc(C(C)(C)C)c(CO)s1. The predicted octanol–water partition coefficient (Wildman–Crippen LogP) is 2.41. The van der Waals surface area contributed by atoms with E-state index in [1.54, 1.807) is 18.4 Å². The fourth-order valence-corrected chi connectivity index (χ4v) is 2.85. The summed E-state index contributed by atoms with van der Waals surface area (Å²) in [4.78, 5) is 7.77. The molecule has 0 aliphatic heterocycles. The first-order valence-corrected chi connectivity index (χ1v) is 7.03. The van der Waals surface area contributed by atoms with Crippen molar-refractivity contribution >= 4 is 16.5 Å². The van der Waals surface area contributed by atoms with Gasteiger partial charge in [0.1, 0.15) is 0 Å². The van der Waals surface area contributed by atoms with Crippen molar-refractivity contribution in [2.75, 3.05) is 32.2 Å². The van der Waals surface area contributed by atoms with Gasteiger partial charge in [-0.25, -0.2) is 4.98 Å². The Morgan fingerprint density at radius 1 is 1.39 bits per heavy atom. The van der Waals surface area contributed by atoms with Gasteiger partial charge in [-0.2, -0.15) is 0 Å². The van der Waals surface area contributed by atoms with Crippen LogP contribution in [-0.2, 0) is 16.8 Å². The minimum absolute atomic E-state index is 0.0276. The number of ether oxygens (including phenoxy) is 1. The first-order valence-electron chi connectivity index (χ1n) is 6.21. The number of thiazole rings is 1. The molecule has 1 rings (SSSR count). The highest BCUT2D eigenvalue weighted by Crippen LogP contribution is 2.33. The molecular formula is C13H24N2O2S. The first kappa shape index (κ1) is 15.4. The average Bonchev–Trinajstić information content (AvgIpc) is 2.73. The van der Waals surface area contributed by atoms with E-state index in [9.17, 15) is 5.11 Å². The largest absolute Gasteiger partial charge is 0.391 e. The highest BCUT2D eigenvalue weighted by atomic mass is 32.1. The Kier molecular flexibility index (Phi) is 5.56. The molecule has 0 saturated heterocycles. The number of hydrogen-bond acceptors (Lipinski definition) is 5. The Labute approximate surface area is 114 Å². The fourth-order valence-electron chi connectivity index (χ4n) is 1.74. The second kappa shape index (κ2) is 6.50. The standard InChI is InChI=1S/C13H24N2O2S/c1-13(2,3)11-10(9-16)18-12(14-11)15(4)7-6-8-17-5/h16H,6-9H2,1-5H3. The molecular weight excluding hydrogens is 248 g/mol. The molecule has 0 aromatic carbocycles. The van der Waals surface area contributed by atoms with Gasteiger partial charge in [-0.05, 0) is 6.42 Å². The third-order valence-corrected chi connectivity index (χ3v) is 3.86. The van der Waals surface area contributed by atoms with Gasteiger partial charge in [0.25, 0.3) is 0 Å². The molecule has 0 atom stereocenters. The van der Waals surface area contributed by atoms with Crippen molar-refractivity contribution in [2.45, 2.75) is 39.2 Å². The number of anilines is 1. The van der Waals surface area contributed by atoms with E-state index in [2.05, 4.69) is 30.7 Å². The molecule has 1 N–H and O–H groups in total. The van der Waals surface area contributed by atoms with Gasteiger partial charge < -0.3 is 14.7 Å². The van der Waals surface area contributed by atoms with Gasteiger partial charge in [-0.15, -0.1) is 0 Å². The number of nitrogens with zero attached hydrogens (tertiary/aromatic N) is 2. The molecule has 4 nitrogen and oxygen atoms in total. The summed E-state index contributed by atoms with van der Waals surface area (Å²) in [7, 11) is 3.74. The van der Waals surface area contributed by atoms with Crippen molar-refractivity contribution in [1.82, 2.24) is 4.98 Å². The van der Waals surface area contributed by atoms with Crippen LogP contribution >= 0.6 is 11.3 Å². The molecule has 0 unspecified atom stereocenters. The second-order valence-corrected chi connectivity index (χ2v) is 6.51. The van der Waals surface area contributed by atoms with Crippen LogP contribution in [0.25, 0.3) is 0 Å². The van der Waals surface area contributed by atoms with Crippen molar-refractivity contribution in [1.29, 1.82) is 0 Å². The van der Waals surface area contributed by atoms with Crippen molar-refractivity contribution in [3.8, 4) is 0 Å². The Morgan fingerprint density at radius 2 is 2.06 bits per heavy atom. The number of aliphatic hydroxyl groups is 1. The molecule has 1 heterocycles. The lowest BCUT2D eigenvalue weighted by molar-refractivity contribution is 0.196. The monoisotopic (exact) mass is 272 g/mol. The quantitative estimate of drug-likeness (QED) is 0.808. The predicted molar refractivity (Wildman–Crippen MR) is 76.5 cm³/mol. The lowest BCUT2D eigenvalue weighted by Crippen LogP contribution is -2.20. The first-order chi connectivity index (χ1) is 8.40. The highest BCUT2D eigenvalue weighted by molar-refractivity contribution is 7.15. The molecule has 0 amide bonds. The van der Waals surface area contributed by atoms with Crippen LogP contribution in [0, 0.1) is 0 Å². The summed E-state index contributed by atoms with van der Waals surface area (Å²) in [6.07, 6.45) is 0.978. The van der Waals surface area contributed by atoms with E-state index in [4.69, 9.17) is 4.74 Å². The van der Waals surface area contributed by atoms with Crippen molar-refractivity contribution < 1.29 is 9.84 Å². The van der Waals surface area contributed by atoms with E-state index in [-0.39, 0.29) is 12.0 Å². The van der Waals surface area contributed by atoms with Crippen LogP contribution in [0.1, 0.15) is 37.8 Å². The van der Waals surface area contributed by atoms with Gasteiger partial charge in [0.2, 0.25) is 0 Å². The van der Waals surface area contributed by atoms with E-state index < -0.39 is 0 Å². The van der Waals surface area contributed by atoms with Gasteiger partial charge in [0.15, 0.2) is 5.13 Å². The fraction of sp³-hybridized carbons (Fsp3) is 0.769. The van der Waals surface area contributed by atoms with E-state index in [0.29, 0.717) is 0 Å². The van der Waals surface area contributed by atoms with Crippen LogP contribution in [-0.4, -0.2) is 37.4 Å². The van der Waals surface area contributed by atoms with Crippen LogP contribution in [0.3, 0.4) is 0 Å².